The van der Waals surface area contributed by atoms with E-state index in [9.17, 15) is 28.8 Å². The standard InChI is InChI=1S/C26H28N4O8/c1-29(13-21(33)37-3)11-19(31)27-17-9-5-7-15-23(17)26(36)24-16(25(15)35)8-6-10-18(24)28-20(32)12-30(2)14-22(34)38-4/h5-10H,11-14H2,1-4H3,(H,27,31)(H,28,32). The smallest absolute Gasteiger partial charge is 0.319 e. The first-order chi connectivity index (χ1) is 18.0. The molecule has 1 aliphatic carbocycles. The summed E-state index contributed by atoms with van der Waals surface area (Å²) in [5.41, 5.74) is 0.481. The summed E-state index contributed by atoms with van der Waals surface area (Å²) in [6.07, 6.45) is 0. The number of carbonyl (C=O) groups excluding carboxylic acids is 6. The molecule has 12 heteroatoms. The summed E-state index contributed by atoms with van der Waals surface area (Å²) in [5, 5.41) is 5.28. The summed E-state index contributed by atoms with van der Waals surface area (Å²) in [6, 6.07) is 9.07. The van der Waals surface area contributed by atoms with Gasteiger partial charge in [0, 0.05) is 11.1 Å². The minimum absolute atomic E-state index is 0.00141. The van der Waals surface area contributed by atoms with Gasteiger partial charge in [0.15, 0.2) is 11.6 Å². The maximum absolute atomic E-state index is 13.7. The highest BCUT2D eigenvalue weighted by Gasteiger charge is 2.34. The fourth-order valence-corrected chi connectivity index (χ4v) is 4.00. The van der Waals surface area contributed by atoms with Gasteiger partial charge in [-0.25, -0.2) is 0 Å². The van der Waals surface area contributed by atoms with Crippen LogP contribution in [0.5, 0.6) is 0 Å². The van der Waals surface area contributed by atoms with Gasteiger partial charge in [0.25, 0.3) is 0 Å². The summed E-state index contributed by atoms with van der Waals surface area (Å²) in [5.74, 6) is -3.03. The van der Waals surface area contributed by atoms with Gasteiger partial charge in [0.05, 0.1) is 62.9 Å². The maximum atomic E-state index is 13.7. The number of methoxy groups -OCH3 is 2. The topological polar surface area (TPSA) is 151 Å². The molecule has 1 aliphatic rings. The Morgan fingerprint density at radius 3 is 1.42 bits per heavy atom. The number of ketones is 2. The van der Waals surface area contributed by atoms with Gasteiger partial charge >= 0.3 is 11.9 Å². The number of nitrogens with zero attached hydrogens (tertiary/aromatic N) is 2. The summed E-state index contributed by atoms with van der Waals surface area (Å²) in [6.45, 7) is -0.561. The molecule has 0 bridgehead atoms. The number of esters is 2. The van der Waals surface area contributed by atoms with Crippen LogP contribution >= 0.6 is 0 Å². The van der Waals surface area contributed by atoms with E-state index >= 15 is 0 Å². The van der Waals surface area contributed by atoms with Gasteiger partial charge in [-0.05, 0) is 26.2 Å². The predicted octanol–water partition coefficient (Wildman–Crippen LogP) is 0.549. The Balaban J connectivity index is 1.85. The van der Waals surface area contributed by atoms with Crippen LogP contribution < -0.4 is 10.6 Å². The van der Waals surface area contributed by atoms with E-state index in [0.29, 0.717) is 0 Å². The normalized spacial score (nSPS) is 12.1. The first-order valence-corrected chi connectivity index (χ1v) is 11.5. The van der Waals surface area contributed by atoms with E-state index in [0.717, 1.165) is 0 Å². The van der Waals surface area contributed by atoms with Crippen LogP contribution in [0.3, 0.4) is 0 Å². The molecule has 0 radical (unpaired) electrons. The van der Waals surface area contributed by atoms with Gasteiger partial charge in [-0.2, -0.15) is 0 Å². The zero-order chi connectivity index (χ0) is 28.0. The predicted molar refractivity (Wildman–Crippen MR) is 136 cm³/mol. The molecule has 2 aromatic carbocycles. The molecule has 0 saturated heterocycles. The number of ether oxygens (including phenoxy) is 2. The van der Waals surface area contributed by atoms with Crippen LogP contribution in [0.2, 0.25) is 0 Å². The van der Waals surface area contributed by atoms with Crippen molar-refractivity contribution in [2.45, 2.75) is 0 Å². The Bertz CT molecular complexity index is 1210. The molecule has 0 aliphatic heterocycles. The third-order valence-corrected chi connectivity index (χ3v) is 5.70. The monoisotopic (exact) mass is 524 g/mol. The lowest BCUT2D eigenvalue weighted by molar-refractivity contribution is -0.142. The second-order valence-electron chi connectivity index (χ2n) is 8.71. The number of nitrogens with one attached hydrogen (secondary N) is 2. The van der Waals surface area contributed by atoms with E-state index in [4.69, 9.17) is 0 Å². The van der Waals surface area contributed by atoms with Crippen molar-refractivity contribution in [1.82, 2.24) is 9.80 Å². The summed E-state index contributed by atoms with van der Waals surface area (Å²) >= 11 is 0. The lowest BCUT2D eigenvalue weighted by Gasteiger charge is -2.23. The summed E-state index contributed by atoms with van der Waals surface area (Å²) < 4.78 is 9.18. The van der Waals surface area contributed by atoms with Crippen molar-refractivity contribution in [2.24, 2.45) is 0 Å². The Labute approximate surface area is 218 Å². The highest BCUT2D eigenvalue weighted by Crippen LogP contribution is 2.35. The molecule has 3 rings (SSSR count). The fourth-order valence-electron chi connectivity index (χ4n) is 4.00. The maximum Gasteiger partial charge on any atom is 0.319 e. The molecule has 200 valence electrons. The minimum Gasteiger partial charge on any atom is -0.468 e. The average Bonchev–Trinajstić information content (AvgIpc) is 2.86. The van der Waals surface area contributed by atoms with Gasteiger partial charge in [-0.15, -0.1) is 0 Å². The number of hydrogen-bond acceptors (Lipinski definition) is 10. The summed E-state index contributed by atoms with van der Waals surface area (Å²) in [7, 11) is 5.59. The first-order valence-electron chi connectivity index (χ1n) is 11.5. The molecular weight excluding hydrogens is 496 g/mol. The molecule has 38 heavy (non-hydrogen) atoms. The van der Waals surface area contributed by atoms with Crippen molar-refractivity contribution in [3.05, 3.63) is 58.7 Å². The molecule has 0 spiro atoms. The van der Waals surface area contributed by atoms with Crippen LogP contribution in [-0.2, 0) is 28.7 Å². The number of hydrogen-bond donors (Lipinski definition) is 2. The highest BCUT2D eigenvalue weighted by atomic mass is 16.5. The lowest BCUT2D eigenvalue weighted by atomic mass is 9.82. The van der Waals surface area contributed by atoms with E-state index in [2.05, 4.69) is 20.1 Å². The number of benzene rings is 2. The molecule has 0 unspecified atom stereocenters. The van der Waals surface area contributed by atoms with Crippen LogP contribution in [0.1, 0.15) is 31.8 Å². The lowest BCUT2D eigenvalue weighted by Crippen LogP contribution is -2.35. The van der Waals surface area contributed by atoms with Gasteiger partial charge in [0.1, 0.15) is 0 Å². The van der Waals surface area contributed by atoms with Crippen molar-refractivity contribution in [3.8, 4) is 0 Å². The molecule has 0 atom stereocenters. The quantitative estimate of drug-likeness (QED) is 0.360. The summed E-state index contributed by atoms with van der Waals surface area (Å²) in [4.78, 5) is 78.0. The van der Waals surface area contributed by atoms with Crippen molar-refractivity contribution in [1.29, 1.82) is 0 Å². The Morgan fingerprint density at radius 2 is 1.05 bits per heavy atom. The van der Waals surface area contributed by atoms with Crippen LogP contribution in [0.15, 0.2) is 36.4 Å². The number of anilines is 2. The van der Waals surface area contributed by atoms with E-state index in [1.165, 1.54) is 48.3 Å². The zero-order valence-corrected chi connectivity index (χ0v) is 21.5. The highest BCUT2D eigenvalue weighted by molar-refractivity contribution is 6.32. The largest absolute Gasteiger partial charge is 0.468 e. The molecule has 12 nitrogen and oxygen atoms in total. The van der Waals surface area contributed by atoms with Crippen molar-refractivity contribution in [3.63, 3.8) is 0 Å². The Morgan fingerprint density at radius 1 is 0.658 bits per heavy atom. The van der Waals surface area contributed by atoms with Crippen LogP contribution in [0, 0.1) is 0 Å². The molecule has 2 amide bonds. The van der Waals surface area contributed by atoms with Crippen molar-refractivity contribution in [2.75, 3.05) is 65.1 Å². The molecule has 2 N–H and O–H groups in total. The van der Waals surface area contributed by atoms with Crippen molar-refractivity contribution >= 4 is 46.7 Å². The van der Waals surface area contributed by atoms with Crippen LogP contribution in [-0.4, -0.2) is 99.6 Å². The number of amides is 2. The Kier molecular flexibility index (Phi) is 9.05. The number of carbonyl (C=O) groups is 6. The number of fused-ring (bicyclic) bond motifs is 2. The first kappa shape index (κ1) is 28.2. The van der Waals surface area contributed by atoms with Gasteiger partial charge in [0.2, 0.25) is 11.8 Å². The third kappa shape index (κ3) is 6.47. The third-order valence-electron chi connectivity index (χ3n) is 5.70. The Hall–Kier alpha value is -4.42. The van der Waals surface area contributed by atoms with Crippen molar-refractivity contribution < 1.29 is 38.2 Å². The van der Waals surface area contributed by atoms with E-state index in [1.807, 2.05) is 0 Å². The molecule has 0 saturated carbocycles. The van der Waals surface area contributed by atoms with Crippen LogP contribution in [0.4, 0.5) is 11.4 Å². The SMILES string of the molecule is COC(=O)CN(C)CC(=O)Nc1cccc2c1C(=O)c1c(NC(=O)CN(C)CC(=O)OC)cccc1C2=O. The molecule has 2 aromatic rings. The number of likely N-dealkylation sites (N-methyl/N-ethyl adjacent to an activating group) is 2. The van der Waals surface area contributed by atoms with E-state index in [1.54, 1.807) is 26.2 Å². The zero-order valence-electron chi connectivity index (χ0n) is 21.5. The number of rotatable bonds is 10. The average molecular weight is 525 g/mol. The van der Waals surface area contributed by atoms with Gasteiger partial charge in [-0.3, -0.25) is 38.6 Å². The molecule has 0 fully saturated rings. The molecular formula is C26H28N4O8. The molecule has 0 heterocycles. The second kappa shape index (κ2) is 12.2. The molecule has 0 aromatic heterocycles. The van der Waals surface area contributed by atoms with E-state index in [-0.39, 0.29) is 59.8 Å². The second-order valence-corrected chi connectivity index (χ2v) is 8.71. The van der Waals surface area contributed by atoms with E-state index < -0.39 is 35.3 Å². The van der Waals surface area contributed by atoms with Crippen LogP contribution in [0.25, 0.3) is 0 Å². The minimum atomic E-state index is -0.549. The fraction of sp³-hybridized carbons (Fsp3) is 0.308. The van der Waals surface area contributed by atoms with Gasteiger partial charge in [-0.1, -0.05) is 24.3 Å². The van der Waals surface area contributed by atoms with Gasteiger partial charge < -0.3 is 20.1 Å².